The molecule has 1 atom stereocenters. The molecule has 4 nitrogen and oxygen atoms in total. The average molecular weight is 399 g/mol. The first kappa shape index (κ1) is 26.9. The molecule has 0 aromatic heterocycles. The highest BCUT2D eigenvalue weighted by atomic mass is 16.6. The molecule has 0 spiro atoms. The molecule has 0 fully saturated rings. The maximum Gasteiger partial charge on any atom is 0.306 e. The van der Waals surface area contributed by atoms with Crippen LogP contribution in [0.15, 0.2) is 0 Å². The second kappa shape index (κ2) is 15.8. The third-order valence-electron chi connectivity index (χ3n) is 5.21. The molecule has 0 saturated heterocycles. The van der Waals surface area contributed by atoms with E-state index in [-0.39, 0.29) is 30.6 Å². The molecule has 1 unspecified atom stereocenters. The van der Waals surface area contributed by atoms with Crippen molar-refractivity contribution in [2.24, 2.45) is 11.3 Å². The number of carbonyl (C=O) groups is 2. The highest BCUT2D eigenvalue weighted by Gasteiger charge is 2.36. The van der Waals surface area contributed by atoms with Crippen LogP contribution in [0, 0.1) is 11.3 Å². The highest BCUT2D eigenvalue weighted by Crippen LogP contribution is 2.30. The van der Waals surface area contributed by atoms with Crippen LogP contribution in [-0.4, -0.2) is 24.6 Å². The van der Waals surface area contributed by atoms with E-state index in [1.54, 1.807) is 0 Å². The van der Waals surface area contributed by atoms with Crippen molar-refractivity contribution in [3.05, 3.63) is 0 Å². The first-order chi connectivity index (χ1) is 13.2. The lowest BCUT2D eigenvalue weighted by Gasteiger charge is -2.36. The lowest BCUT2D eigenvalue weighted by molar-refractivity contribution is -0.165. The van der Waals surface area contributed by atoms with Crippen LogP contribution in [0.25, 0.3) is 0 Å². The molecule has 166 valence electrons. The summed E-state index contributed by atoms with van der Waals surface area (Å²) < 4.78 is 11.3. The second-order valence-electron chi connectivity index (χ2n) is 9.13. The predicted octanol–water partition coefficient (Wildman–Crippen LogP) is 6.84. The van der Waals surface area contributed by atoms with Gasteiger partial charge >= 0.3 is 11.9 Å². The van der Waals surface area contributed by atoms with Crippen LogP contribution >= 0.6 is 0 Å². The summed E-state index contributed by atoms with van der Waals surface area (Å²) >= 11 is 0. The Morgan fingerprint density at radius 1 is 0.750 bits per heavy atom. The molecule has 4 heteroatoms. The molecule has 0 aromatic rings. The van der Waals surface area contributed by atoms with Crippen molar-refractivity contribution in [2.75, 3.05) is 6.61 Å². The Kier molecular flexibility index (Phi) is 15.2. The highest BCUT2D eigenvalue weighted by molar-refractivity contribution is 5.70. The number of hydrogen-bond acceptors (Lipinski definition) is 4. The summed E-state index contributed by atoms with van der Waals surface area (Å²) in [5.41, 5.74) is -0.399. The summed E-state index contributed by atoms with van der Waals surface area (Å²) in [6.07, 6.45) is 11.8. The van der Waals surface area contributed by atoms with Gasteiger partial charge in [0.05, 0.1) is 6.61 Å². The third-order valence-corrected chi connectivity index (χ3v) is 5.21. The van der Waals surface area contributed by atoms with Crippen LogP contribution in [0.2, 0.25) is 0 Å². The minimum atomic E-state index is -0.399. The number of carbonyl (C=O) groups excluding carboxylic acids is 2. The van der Waals surface area contributed by atoms with Crippen molar-refractivity contribution >= 4 is 11.9 Å². The SMILES string of the molecule is CCCCCCCC(=O)OCC(C)(C)C(OC(=O)CCCCCCC)C(C)C. The monoisotopic (exact) mass is 398 g/mol. The summed E-state index contributed by atoms with van der Waals surface area (Å²) in [4.78, 5) is 24.3. The Bertz CT molecular complexity index is 415. The quantitative estimate of drug-likeness (QED) is 0.199. The Labute approximate surface area is 174 Å². The van der Waals surface area contributed by atoms with Gasteiger partial charge in [-0.15, -0.1) is 0 Å². The first-order valence-corrected chi connectivity index (χ1v) is 11.6. The zero-order valence-electron chi connectivity index (χ0n) is 19.5. The predicted molar refractivity (Wildman–Crippen MR) is 116 cm³/mol. The van der Waals surface area contributed by atoms with E-state index in [0.29, 0.717) is 12.8 Å². The summed E-state index contributed by atoms with van der Waals surface area (Å²) in [6, 6.07) is 0. The van der Waals surface area contributed by atoms with Gasteiger partial charge in [0.15, 0.2) is 0 Å². The molecular formula is C24H46O4. The summed E-state index contributed by atoms with van der Waals surface area (Å²) in [7, 11) is 0. The van der Waals surface area contributed by atoms with Crippen LogP contribution in [0.4, 0.5) is 0 Å². The van der Waals surface area contributed by atoms with Gasteiger partial charge in [-0.05, 0) is 18.8 Å². The largest absolute Gasteiger partial charge is 0.465 e. The van der Waals surface area contributed by atoms with Gasteiger partial charge in [-0.2, -0.15) is 0 Å². The molecule has 0 N–H and O–H groups in total. The van der Waals surface area contributed by atoms with E-state index in [2.05, 4.69) is 27.7 Å². The van der Waals surface area contributed by atoms with Crippen LogP contribution < -0.4 is 0 Å². The molecule has 0 heterocycles. The lowest BCUT2D eigenvalue weighted by Crippen LogP contribution is -2.41. The molecule has 0 aromatic carbocycles. The molecule has 0 aliphatic heterocycles. The normalized spacial score (nSPS) is 12.8. The molecule has 0 bridgehead atoms. The van der Waals surface area contributed by atoms with E-state index in [1.165, 1.54) is 38.5 Å². The van der Waals surface area contributed by atoms with E-state index in [9.17, 15) is 9.59 Å². The Morgan fingerprint density at radius 3 is 1.68 bits per heavy atom. The second-order valence-corrected chi connectivity index (χ2v) is 9.13. The van der Waals surface area contributed by atoms with Crippen molar-refractivity contribution in [2.45, 2.75) is 125 Å². The molecule has 0 aliphatic carbocycles. The summed E-state index contributed by atoms with van der Waals surface area (Å²) in [6.45, 7) is 12.8. The van der Waals surface area contributed by atoms with Crippen LogP contribution in [-0.2, 0) is 19.1 Å². The number of esters is 2. The van der Waals surface area contributed by atoms with E-state index in [0.717, 1.165) is 25.7 Å². The van der Waals surface area contributed by atoms with Gasteiger partial charge in [-0.25, -0.2) is 0 Å². The maximum absolute atomic E-state index is 12.3. The first-order valence-electron chi connectivity index (χ1n) is 11.6. The number of hydrogen-bond donors (Lipinski definition) is 0. The van der Waals surface area contributed by atoms with Gasteiger partial charge in [0.25, 0.3) is 0 Å². The van der Waals surface area contributed by atoms with Gasteiger partial charge in [0, 0.05) is 18.3 Å². The van der Waals surface area contributed by atoms with Crippen LogP contribution in [0.1, 0.15) is 119 Å². The Balaban J connectivity index is 4.34. The van der Waals surface area contributed by atoms with Crippen molar-refractivity contribution in [1.29, 1.82) is 0 Å². The van der Waals surface area contributed by atoms with Crippen molar-refractivity contribution in [3.8, 4) is 0 Å². The number of rotatable bonds is 17. The van der Waals surface area contributed by atoms with Gasteiger partial charge in [0.2, 0.25) is 0 Å². The van der Waals surface area contributed by atoms with E-state index < -0.39 is 5.41 Å². The minimum absolute atomic E-state index is 0.134. The van der Waals surface area contributed by atoms with Crippen LogP contribution in [0.3, 0.4) is 0 Å². The van der Waals surface area contributed by atoms with Gasteiger partial charge in [-0.1, -0.05) is 92.9 Å². The fourth-order valence-electron chi connectivity index (χ4n) is 3.57. The molecule has 0 amide bonds. The van der Waals surface area contributed by atoms with Crippen molar-refractivity contribution < 1.29 is 19.1 Å². The molecule has 0 aliphatic rings. The molecule has 0 saturated carbocycles. The average Bonchev–Trinajstić information content (AvgIpc) is 2.64. The van der Waals surface area contributed by atoms with E-state index >= 15 is 0 Å². The third kappa shape index (κ3) is 13.2. The van der Waals surface area contributed by atoms with E-state index in [4.69, 9.17) is 9.47 Å². The summed E-state index contributed by atoms with van der Waals surface area (Å²) in [5, 5.41) is 0. The molecule has 0 rings (SSSR count). The Morgan fingerprint density at radius 2 is 1.21 bits per heavy atom. The molecule has 28 heavy (non-hydrogen) atoms. The summed E-state index contributed by atoms with van der Waals surface area (Å²) in [5.74, 6) is -0.105. The molecular weight excluding hydrogens is 352 g/mol. The topological polar surface area (TPSA) is 52.6 Å². The number of unbranched alkanes of at least 4 members (excludes halogenated alkanes) is 8. The van der Waals surface area contributed by atoms with Gasteiger partial charge in [-0.3, -0.25) is 9.59 Å². The lowest BCUT2D eigenvalue weighted by atomic mass is 9.81. The van der Waals surface area contributed by atoms with Crippen molar-refractivity contribution in [3.63, 3.8) is 0 Å². The zero-order valence-corrected chi connectivity index (χ0v) is 19.5. The Hall–Kier alpha value is -1.06. The van der Waals surface area contributed by atoms with Gasteiger partial charge in [0.1, 0.15) is 6.10 Å². The smallest absolute Gasteiger partial charge is 0.306 e. The fourth-order valence-corrected chi connectivity index (χ4v) is 3.57. The standard InChI is InChI=1S/C24H46O4/c1-7-9-11-13-15-17-21(25)27-19-24(5,6)23(20(3)4)28-22(26)18-16-14-12-10-8-2/h20,23H,7-19H2,1-6H3. The maximum atomic E-state index is 12.3. The zero-order chi connectivity index (χ0) is 21.4. The molecule has 0 radical (unpaired) electrons. The fraction of sp³-hybridized carbons (Fsp3) is 0.917. The number of ether oxygens (including phenoxy) is 2. The van der Waals surface area contributed by atoms with Crippen molar-refractivity contribution in [1.82, 2.24) is 0 Å². The van der Waals surface area contributed by atoms with E-state index in [1.807, 2.05) is 13.8 Å². The van der Waals surface area contributed by atoms with Crippen LogP contribution in [0.5, 0.6) is 0 Å². The van der Waals surface area contributed by atoms with Gasteiger partial charge < -0.3 is 9.47 Å². The minimum Gasteiger partial charge on any atom is -0.465 e.